The van der Waals surface area contributed by atoms with Gasteiger partial charge >= 0.3 is 12.3 Å². The molecule has 0 bridgehead atoms. The molecule has 0 atom stereocenters. The van der Waals surface area contributed by atoms with E-state index in [2.05, 4.69) is 9.47 Å². The van der Waals surface area contributed by atoms with Gasteiger partial charge in [0.1, 0.15) is 12.4 Å². The van der Waals surface area contributed by atoms with Gasteiger partial charge in [0.2, 0.25) is 0 Å². The van der Waals surface area contributed by atoms with Crippen LogP contribution in [0.5, 0.6) is 5.75 Å². The van der Waals surface area contributed by atoms with E-state index in [4.69, 9.17) is 0 Å². The van der Waals surface area contributed by atoms with Crippen LogP contribution in [0.15, 0.2) is 10.9 Å². The number of alkyl halides is 4. The van der Waals surface area contributed by atoms with Gasteiger partial charge in [-0.1, -0.05) is 0 Å². The largest absolute Gasteiger partial charge is 0.573 e. The van der Waals surface area contributed by atoms with Gasteiger partial charge in [0, 0.05) is 11.6 Å². The molecule has 0 aromatic carbocycles. The molecule has 0 aliphatic carbocycles. The second-order valence-corrected chi connectivity index (χ2v) is 3.39. The highest BCUT2D eigenvalue weighted by Crippen LogP contribution is 2.27. The van der Waals surface area contributed by atoms with Gasteiger partial charge in [-0.05, 0) is 0 Å². The van der Waals surface area contributed by atoms with Gasteiger partial charge in [-0.3, -0.25) is 9.59 Å². The predicted molar refractivity (Wildman–Crippen MR) is 54.3 cm³/mol. The lowest BCUT2D eigenvalue weighted by Gasteiger charge is -2.14. The zero-order valence-electron chi connectivity index (χ0n) is 9.64. The second kappa shape index (κ2) is 5.72. The number of rotatable bonds is 4. The monoisotopic (exact) mass is 283 g/mol. The van der Waals surface area contributed by atoms with Crippen LogP contribution in [0.3, 0.4) is 0 Å². The maximum atomic E-state index is 12.7. The summed E-state index contributed by atoms with van der Waals surface area (Å²) in [6.07, 6.45) is -5.72. The molecule has 0 saturated heterocycles. The molecular weight excluding hydrogens is 274 g/mol. The van der Waals surface area contributed by atoms with Crippen molar-refractivity contribution in [3.05, 3.63) is 27.7 Å². The molecule has 1 N–H and O–H groups in total. The van der Waals surface area contributed by atoms with Crippen LogP contribution in [-0.2, 0) is 22.6 Å². The topological polar surface area (TPSA) is 68.4 Å². The van der Waals surface area contributed by atoms with Gasteiger partial charge in [0.05, 0.1) is 19.2 Å². The Labute approximate surface area is 104 Å². The summed E-state index contributed by atoms with van der Waals surface area (Å²) in [5.41, 5.74) is -1.84. The number of halogens is 4. The first-order valence-electron chi connectivity index (χ1n) is 4.90. The number of esters is 1. The number of carbonyl (C=O) groups is 1. The summed E-state index contributed by atoms with van der Waals surface area (Å²) in [4.78, 5) is 24.2. The lowest BCUT2D eigenvalue weighted by molar-refractivity contribution is -0.275. The van der Waals surface area contributed by atoms with Gasteiger partial charge in [-0.2, -0.15) is 0 Å². The quantitative estimate of drug-likeness (QED) is 0.671. The van der Waals surface area contributed by atoms with Crippen LogP contribution in [0.2, 0.25) is 0 Å². The summed E-state index contributed by atoms with van der Waals surface area (Å²) >= 11 is 0. The lowest BCUT2D eigenvalue weighted by atomic mass is 10.1. The molecule has 9 heteroatoms. The number of hydrogen-bond donors (Lipinski definition) is 1. The predicted octanol–water partition coefficient (Wildman–Crippen LogP) is 1.46. The van der Waals surface area contributed by atoms with Gasteiger partial charge in [-0.15, -0.1) is 13.2 Å². The summed E-state index contributed by atoms with van der Waals surface area (Å²) < 4.78 is 57.1. The maximum Gasteiger partial charge on any atom is 0.573 e. The van der Waals surface area contributed by atoms with Crippen molar-refractivity contribution in [3.63, 3.8) is 0 Å². The first kappa shape index (κ1) is 15.0. The van der Waals surface area contributed by atoms with Crippen molar-refractivity contribution in [2.45, 2.75) is 19.5 Å². The SMILES string of the molecule is COC(=O)Cc1c(OC(F)(F)F)cc(=O)[nH]c1CF. The molecule has 0 radical (unpaired) electrons. The second-order valence-electron chi connectivity index (χ2n) is 3.39. The van der Waals surface area contributed by atoms with Crippen molar-refractivity contribution in [3.8, 4) is 5.75 Å². The normalized spacial score (nSPS) is 11.2. The first-order valence-corrected chi connectivity index (χ1v) is 4.90. The first-order chi connectivity index (χ1) is 8.76. The molecule has 0 aliphatic rings. The summed E-state index contributed by atoms with van der Waals surface area (Å²) in [6, 6.07) is 0.491. The number of H-pyrrole nitrogens is 1. The Balaban J connectivity index is 3.29. The van der Waals surface area contributed by atoms with Crippen LogP contribution < -0.4 is 10.3 Å². The van der Waals surface area contributed by atoms with E-state index in [-0.39, 0.29) is 0 Å². The Bertz CT molecular complexity index is 523. The van der Waals surface area contributed by atoms with E-state index in [9.17, 15) is 27.2 Å². The molecule has 5 nitrogen and oxygen atoms in total. The number of methoxy groups -OCH3 is 1. The molecule has 0 saturated carbocycles. The van der Waals surface area contributed by atoms with E-state index >= 15 is 0 Å². The number of pyridine rings is 1. The third-order valence-electron chi connectivity index (χ3n) is 2.11. The highest BCUT2D eigenvalue weighted by Gasteiger charge is 2.33. The standard InChI is InChI=1S/C10H9F4NO4/c1-18-9(17)2-5-6(4-11)15-8(16)3-7(5)19-10(12,13)14/h3H,2,4H2,1H3,(H,15,16). The molecule has 0 unspecified atom stereocenters. The van der Waals surface area contributed by atoms with Crippen LogP contribution >= 0.6 is 0 Å². The van der Waals surface area contributed by atoms with Crippen molar-refractivity contribution in [2.24, 2.45) is 0 Å². The zero-order valence-corrected chi connectivity index (χ0v) is 9.64. The van der Waals surface area contributed by atoms with E-state index in [1.807, 2.05) is 4.98 Å². The summed E-state index contributed by atoms with van der Waals surface area (Å²) in [5.74, 6) is -1.82. The van der Waals surface area contributed by atoms with Crippen LogP contribution in [0, 0.1) is 0 Å². The molecular formula is C10H9F4NO4. The van der Waals surface area contributed by atoms with E-state index < -0.39 is 48.0 Å². The molecule has 1 aromatic heterocycles. The van der Waals surface area contributed by atoms with Gasteiger partial charge in [0.15, 0.2) is 0 Å². The Kier molecular flexibility index (Phi) is 4.52. The minimum absolute atomic E-state index is 0.411. The van der Waals surface area contributed by atoms with E-state index in [1.54, 1.807) is 0 Å². The number of nitrogens with one attached hydrogen (secondary N) is 1. The molecule has 19 heavy (non-hydrogen) atoms. The fourth-order valence-electron chi connectivity index (χ4n) is 1.36. The van der Waals surface area contributed by atoms with Crippen molar-refractivity contribution in [2.75, 3.05) is 7.11 Å². The highest BCUT2D eigenvalue weighted by atomic mass is 19.4. The van der Waals surface area contributed by atoms with Gasteiger partial charge < -0.3 is 14.5 Å². The Morgan fingerprint density at radius 1 is 1.42 bits per heavy atom. The third-order valence-corrected chi connectivity index (χ3v) is 2.11. The van der Waals surface area contributed by atoms with Gasteiger partial charge in [0.25, 0.3) is 5.56 Å². The average Bonchev–Trinajstić information content (AvgIpc) is 2.29. The minimum atomic E-state index is -5.06. The van der Waals surface area contributed by atoms with Crippen molar-refractivity contribution >= 4 is 5.97 Å². The fraction of sp³-hybridized carbons (Fsp3) is 0.400. The summed E-state index contributed by atoms with van der Waals surface area (Å²) in [7, 11) is 1.02. The Morgan fingerprint density at radius 3 is 2.53 bits per heavy atom. The lowest BCUT2D eigenvalue weighted by Crippen LogP contribution is -2.22. The molecule has 1 aromatic rings. The third kappa shape index (κ3) is 4.27. The van der Waals surface area contributed by atoms with E-state index in [0.29, 0.717) is 6.07 Å². The maximum absolute atomic E-state index is 12.7. The number of ether oxygens (including phenoxy) is 2. The summed E-state index contributed by atoms with van der Waals surface area (Å²) in [5, 5.41) is 0. The number of hydrogen-bond acceptors (Lipinski definition) is 4. The minimum Gasteiger partial charge on any atom is -0.469 e. The van der Waals surface area contributed by atoms with E-state index in [0.717, 1.165) is 7.11 Å². The van der Waals surface area contributed by atoms with E-state index in [1.165, 1.54) is 0 Å². The molecule has 0 spiro atoms. The highest BCUT2D eigenvalue weighted by molar-refractivity contribution is 5.73. The van der Waals surface area contributed by atoms with Gasteiger partial charge in [-0.25, -0.2) is 4.39 Å². The van der Waals surface area contributed by atoms with Crippen LogP contribution in [0.25, 0.3) is 0 Å². The van der Waals surface area contributed by atoms with Crippen LogP contribution in [0.4, 0.5) is 17.6 Å². The summed E-state index contributed by atoms with van der Waals surface area (Å²) in [6.45, 7) is -1.25. The zero-order chi connectivity index (χ0) is 14.6. The van der Waals surface area contributed by atoms with Crippen LogP contribution in [0.1, 0.15) is 11.3 Å². The number of aromatic nitrogens is 1. The Hall–Kier alpha value is -2.06. The number of carbonyl (C=O) groups excluding carboxylic acids is 1. The molecule has 0 amide bonds. The smallest absolute Gasteiger partial charge is 0.469 e. The molecule has 106 valence electrons. The molecule has 1 rings (SSSR count). The molecule has 1 heterocycles. The van der Waals surface area contributed by atoms with Crippen LogP contribution in [-0.4, -0.2) is 24.4 Å². The molecule has 0 fully saturated rings. The van der Waals surface area contributed by atoms with Crippen molar-refractivity contribution in [1.29, 1.82) is 0 Å². The van der Waals surface area contributed by atoms with Crippen molar-refractivity contribution < 1.29 is 31.8 Å². The fourth-order valence-corrected chi connectivity index (χ4v) is 1.36. The number of aromatic amines is 1. The molecule has 0 aliphatic heterocycles. The van der Waals surface area contributed by atoms with Crippen molar-refractivity contribution in [1.82, 2.24) is 4.98 Å². The average molecular weight is 283 g/mol. The Morgan fingerprint density at radius 2 is 2.05 bits per heavy atom.